The Hall–Kier alpha value is -1.75. The van der Waals surface area contributed by atoms with Crippen molar-refractivity contribution in [2.45, 2.75) is 19.3 Å². The second kappa shape index (κ2) is 4.86. The second-order valence-corrected chi connectivity index (χ2v) is 3.98. The van der Waals surface area contributed by atoms with Crippen LogP contribution in [0.4, 0.5) is 13.2 Å². The highest BCUT2D eigenvalue weighted by Crippen LogP contribution is 2.29. The molecule has 1 aromatic carbocycles. The summed E-state index contributed by atoms with van der Waals surface area (Å²) in [6.45, 7) is 0.356. The lowest BCUT2D eigenvalue weighted by atomic mass is 10.1. The highest BCUT2D eigenvalue weighted by atomic mass is 19.4. The van der Waals surface area contributed by atoms with Crippen LogP contribution in [0.1, 0.15) is 16.8 Å². The van der Waals surface area contributed by atoms with E-state index in [1.807, 2.05) is 0 Å². The molecular formula is C13H12F3NO. The van der Waals surface area contributed by atoms with Gasteiger partial charge in [-0.2, -0.15) is 13.2 Å². The van der Waals surface area contributed by atoms with E-state index in [9.17, 15) is 13.2 Å². The number of nitrogens with zero attached hydrogens (tertiary/aromatic N) is 1. The topological polar surface area (TPSA) is 25.2 Å². The van der Waals surface area contributed by atoms with E-state index in [0.717, 1.165) is 23.4 Å². The molecule has 0 saturated heterocycles. The SMILES string of the molecule is OCc1cccn1Cc1ccc(C(F)(F)F)cc1. The first-order valence-corrected chi connectivity index (χ1v) is 5.42. The van der Waals surface area contributed by atoms with Gasteiger partial charge in [0.15, 0.2) is 0 Å². The number of benzene rings is 1. The molecule has 2 nitrogen and oxygen atoms in total. The molecule has 0 unspecified atom stereocenters. The Morgan fingerprint density at radius 1 is 1.06 bits per heavy atom. The number of aliphatic hydroxyl groups excluding tert-OH is 1. The number of aromatic nitrogens is 1. The normalized spacial score (nSPS) is 11.8. The van der Waals surface area contributed by atoms with E-state index in [0.29, 0.717) is 6.54 Å². The molecule has 0 atom stereocenters. The molecule has 0 aliphatic heterocycles. The van der Waals surface area contributed by atoms with Crippen molar-refractivity contribution in [2.24, 2.45) is 0 Å². The highest BCUT2D eigenvalue weighted by molar-refractivity contribution is 5.25. The summed E-state index contributed by atoms with van der Waals surface area (Å²) < 4.78 is 38.9. The van der Waals surface area contributed by atoms with Gasteiger partial charge in [-0.25, -0.2) is 0 Å². The van der Waals surface area contributed by atoms with Crippen molar-refractivity contribution >= 4 is 0 Å². The zero-order chi connectivity index (χ0) is 13.2. The molecule has 1 N–H and O–H groups in total. The summed E-state index contributed by atoms with van der Waals surface area (Å²) in [5.41, 5.74) is 0.838. The van der Waals surface area contributed by atoms with Crippen molar-refractivity contribution in [1.29, 1.82) is 0 Å². The van der Waals surface area contributed by atoms with Crippen molar-refractivity contribution in [3.63, 3.8) is 0 Å². The van der Waals surface area contributed by atoms with E-state index in [1.54, 1.807) is 22.9 Å². The Bertz CT molecular complexity index is 514. The van der Waals surface area contributed by atoms with Crippen LogP contribution in [-0.4, -0.2) is 9.67 Å². The van der Waals surface area contributed by atoms with Crippen LogP contribution >= 0.6 is 0 Å². The first kappa shape index (κ1) is 12.7. The van der Waals surface area contributed by atoms with Crippen LogP contribution in [0.15, 0.2) is 42.6 Å². The highest BCUT2D eigenvalue weighted by Gasteiger charge is 2.29. The number of rotatable bonds is 3. The number of halogens is 3. The summed E-state index contributed by atoms with van der Waals surface area (Å²) in [5.74, 6) is 0. The summed E-state index contributed by atoms with van der Waals surface area (Å²) in [6, 6.07) is 8.59. The Morgan fingerprint density at radius 3 is 2.28 bits per heavy atom. The molecule has 2 aromatic rings. The number of hydrogen-bond donors (Lipinski definition) is 1. The lowest BCUT2D eigenvalue weighted by Crippen LogP contribution is -2.06. The monoisotopic (exact) mass is 255 g/mol. The summed E-state index contributed by atoms with van der Waals surface area (Å²) in [6.07, 6.45) is -2.52. The first-order valence-electron chi connectivity index (χ1n) is 5.42. The van der Waals surface area contributed by atoms with E-state index in [-0.39, 0.29) is 6.61 Å². The maximum absolute atomic E-state index is 12.4. The summed E-state index contributed by atoms with van der Waals surface area (Å²) in [4.78, 5) is 0. The second-order valence-electron chi connectivity index (χ2n) is 3.98. The molecule has 0 aliphatic carbocycles. The van der Waals surface area contributed by atoms with Gasteiger partial charge in [0.1, 0.15) is 0 Å². The van der Waals surface area contributed by atoms with Crippen LogP contribution in [0.3, 0.4) is 0 Å². The van der Waals surface area contributed by atoms with Crippen LogP contribution in [0.25, 0.3) is 0 Å². The predicted octanol–water partition coefficient (Wildman–Crippen LogP) is 3.05. The van der Waals surface area contributed by atoms with Crippen LogP contribution in [-0.2, 0) is 19.3 Å². The van der Waals surface area contributed by atoms with Crippen LogP contribution in [0.2, 0.25) is 0 Å². The fourth-order valence-electron chi connectivity index (χ4n) is 1.74. The van der Waals surface area contributed by atoms with Crippen LogP contribution < -0.4 is 0 Å². The van der Waals surface area contributed by atoms with Gasteiger partial charge in [0.05, 0.1) is 12.2 Å². The Kier molecular flexibility index (Phi) is 3.43. The van der Waals surface area contributed by atoms with Gasteiger partial charge in [0.2, 0.25) is 0 Å². The minimum atomic E-state index is -4.30. The lowest BCUT2D eigenvalue weighted by Gasteiger charge is -2.10. The molecule has 96 valence electrons. The van der Waals surface area contributed by atoms with E-state index < -0.39 is 11.7 Å². The van der Waals surface area contributed by atoms with Crippen molar-refractivity contribution in [3.05, 3.63) is 59.4 Å². The van der Waals surface area contributed by atoms with Crippen molar-refractivity contribution in [1.82, 2.24) is 4.57 Å². The summed E-state index contributed by atoms with van der Waals surface area (Å²) in [7, 11) is 0. The number of hydrogen-bond acceptors (Lipinski definition) is 1. The Balaban J connectivity index is 2.16. The van der Waals surface area contributed by atoms with Gasteiger partial charge in [-0.1, -0.05) is 12.1 Å². The standard InChI is InChI=1S/C13H12F3NO/c14-13(15,16)11-5-3-10(4-6-11)8-17-7-1-2-12(17)9-18/h1-7,18H,8-9H2. The molecule has 0 bridgehead atoms. The first-order chi connectivity index (χ1) is 8.50. The van der Waals surface area contributed by atoms with E-state index >= 15 is 0 Å². The average Bonchev–Trinajstić information content (AvgIpc) is 2.76. The summed E-state index contributed by atoms with van der Waals surface area (Å²) in [5, 5.41) is 9.07. The van der Waals surface area contributed by atoms with Crippen LogP contribution in [0.5, 0.6) is 0 Å². The third-order valence-electron chi connectivity index (χ3n) is 2.72. The minimum absolute atomic E-state index is 0.0896. The van der Waals surface area contributed by atoms with Crippen molar-refractivity contribution in [2.75, 3.05) is 0 Å². The predicted molar refractivity (Wildman–Crippen MR) is 60.9 cm³/mol. The van der Waals surface area contributed by atoms with Crippen LogP contribution in [0, 0.1) is 0 Å². The van der Waals surface area contributed by atoms with E-state index in [2.05, 4.69) is 0 Å². The van der Waals surface area contributed by atoms with Gasteiger partial charge in [0.25, 0.3) is 0 Å². The molecule has 1 aromatic heterocycles. The van der Waals surface area contributed by atoms with Crippen molar-refractivity contribution in [3.8, 4) is 0 Å². The Morgan fingerprint density at radius 2 is 1.72 bits per heavy atom. The zero-order valence-electron chi connectivity index (χ0n) is 9.48. The molecule has 0 amide bonds. The molecular weight excluding hydrogens is 243 g/mol. The molecule has 0 fully saturated rings. The minimum Gasteiger partial charge on any atom is -0.390 e. The average molecular weight is 255 g/mol. The molecule has 18 heavy (non-hydrogen) atoms. The van der Waals surface area contributed by atoms with Gasteiger partial charge < -0.3 is 9.67 Å². The van der Waals surface area contributed by atoms with Gasteiger partial charge in [0, 0.05) is 18.4 Å². The quantitative estimate of drug-likeness (QED) is 0.896. The van der Waals surface area contributed by atoms with E-state index in [1.165, 1.54) is 12.1 Å². The number of alkyl halides is 3. The third kappa shape index (κ3) is 2.73. The zero-order valence-corrected chi connectivity index (χ0v) is 9.48. The molecule has 0 spiro atoms. The largest absolute Gasteiger partial charge is 0.416 e. The maximum Gasteiger partial charge on any atom is 0.416 e. The smallest absolute Gasteiger partial charge is 0.390 e. The lowest BCUT2D eigenvalue weighted by molar-refractivity contribution is -0.137. The Labute approximate surface area is 102 Å². The summed E-state index contributed by atoms with van der Waals surface area (Å²) >= 11 is 0. The van der Waals surface area contributed by atoms with Gasteiger partial charge >= 0.3 is 6.18 Å². The molecule has 2 rings (SSSR count). The fraction of sp³-hybridized carbons (Fsp3) is 0.231. The van der Waals surface area contributed by atoms with Crippen molar-refractivity contribution < 1.29 is 18.3 Å². The molecule has 5 heteroatoms. The number of aliphatic hydroxyl groups is 1. The maximum atomic E-state index is 12.4. The van der Waals surface area contributed by atoms with Gasteiger partial charge in [-0.15, -0.1) is 0 Å². The fourth-order valence-corrected chi connectivity index (χ4v) is 1.74. The third-order valence-corrected chi connectivity index (χ3v) is 2.72. The molecule has 0 aliphatic rings. The molecule has 1 heterocycles. The molecule has 0 radical (unpaired) electrons. The van der Waals surface area contributed by atoms with Gasteiger partial charge in [-0.3, -0.25) is 0 Å². The molecule has 0 saturated carbocycles. The van der Waals surface area contributed by atoms with E-state index in [4.69, 9.17) is 5.11 Å². The van der Waals surface area contributed by atoms with Gasteiger partial charge in [-0.05, 0) is 29.8 Å².